The molecule has 18 heavy (non-hydrogen) atoms. The highest BCUT2D eigenvalue weighted by atomic mass is 19.1. The van der Waals surface area contributed by atoms with Gasteiger partial charge in [-0.05, 0) is 12.1 Å². The van der Waals surface area contributed by atoms with Crippen LogP contribution in [0.4, 0.5) is 10.1 Å². The minimum Gasteiger partial charge on any atom is -0.467 e. The lowest BCUT2D eigenvalue weighted by Crippen LogP contribution is -2.00. The molecule has 94 valence electrons. The fraction of sp³-hybridized carbons (Fsp3) is 0.167. The Hall–Kier alpha value is -2.21. The van der Waals surface area contributed by atoms with Crippen LogP contribution in [0.2, 0.25) is 0 Å². The first-order valence-corrected chi connectivity index (χ1v) is 5.20. The second-order valence-electron chi connectivity index (χ2n) is 3.58. The van der Waals surface area contributed by atoms with Gasteiger partial charge in [0.05, 0.1) is 17.8 Å². The summed E-state index contributed by atoms with van der Waals surface area (Å²) in [5, 5.41) is 10.5. The van der Waals surface area contributed by atoms with E-state index in [2.05, 4.69) is 0 Å². The van der Waals surface area contributed by atoms with Gasteiger partial charge in [0.25, 0.3) is 0 Å². The highest BCUT2D eigenvalue weighted by Gasteiger charge is 2.16. The molecule has 1 heterocycles. The summed E-state index contributed by atoms with van der Waals surface area (Å²) in [4.78, 5) is 9.79. The van der Waals surface area contributed by atoms with Gasteiger partial charge in [0.15, 0.2) is 0 Å². The van der Waals surface area contributed by atoms with Crippen LogP contribution in [0.1, 0.15) is 11.3 Å². The summed E-state index contributed by atoms with van der Waals surface area (Å²) in [6, 6.07) is 7.43. The molecular weight excluding hydrogens is 241 g/mol. The minimum absolute atomic E-state index is 0.0474. The number of nitro benzene ring substituents is 1. The van der Waals surface area contributed by atoms with Crippen molar-refractivity contribution in [2.45, 2.75) is 13.2 Å². The molecule has 1 aromatic carbocycles. The number of halogens is 1. The summed E-state index contributed by atoms with van der Waals surface area (Å²) in [6.45, 7) is 0.142. The first-order chi connectivity index (χ1) is 8.68. The standard InChI is InChI=1S/C12H10FNO4/c13-12-9(3-1-5-11(12)14(15)16)7-17-8-10-4-2-6-18-10/h1-6H,7-8H2. The van der Waals surface area contributed by atoms with Crippen molar-refractivity contribution in [3.05, 3.63) is 63.9 Å². The molecule has 0 amide bonds. The molecule has 2 aromatic rings. The number of rotatable bonds is 5. The summed E-state index contributed by atoms with van der Waals surface area (Å²) in [7, 11) is 0. The van der Waals surface area contributed by atoms with Gasteiger partial charge in [-0.25, -0.2) is 0 Å². The average molecular weight is 251 g/mol. The lowest BCUT2D eigenvalue weighted by atomic mass is 10.2. The molecule has 0 N–H and O–H groups in total. The fourth-order valence-electron chi connectivity index (χ4n) is 1.48. The predicted molar refractivity (Wildman–Crippen MR) is 60.3 cm³/mol. The summed E-state index contributed by atoms with van der Waals surface area (Å²) in [5.41, 5.74) is -0.398. The molecule has 0 saturated carbocycles. The summed E-state index contributed by atoms with van der Waals surface area (Å²) in [6.07, 6.45) is 1.51. The van der Waals surface area contributed by atoms with Crippen LogP contribution >= 0.6 is 0 Å². The number of ether oxygens (including phenoxy) is 1. The zero-order valence-electron chi connectivity index (χ0n) is 9.34. The minimum atomic E-state index is -0.859. The second kappa shape index (κ2) is 5.42. The fourth-order valence-corrected chi connectivity index (χ4v) is 1.48. The smallest absolute Gasteiger partial charge is 0.305 e. The van der Waals surface area contributed by atoms with Crippen molar-refractivity contribution in [1.29, 1.82) is 0 Å². The van der Waals surface area contributed by atoms with Crippen molar-refractivity contribution in [2.24, 2.45) is 0 Å². The van der Waals surface area contributed by atoms with Crippen LogP contribution < -0.4 is 0 Å². The van der Waals surface area contributed by atoms with Gasteiger partial charge in [-0.3, -0.25) is 10.1 Å². The molecule has 5 nitrogen and oxygen atoms in total. The molecule has 0 unspecified atom stereocenters. The molecular formula is C12H10FNO4. The molecule has 0 radical (unpaired) electrons. The van der Waals surface area contributed by atoms with E-state index in [1.807, 2.05) is 0 Å². The van der Waals surface area contributed by atoms with Crippen LogP contribution in [0.25, 0.3) is 0 Å². The van der Waals surface area contributed by atoms with E-state index in [0.29, 0.717) is 5.76 Å². The number of nitro groups is 1. The van der Waals surface area contributed by atoms with E-state index in [4.69, 9.17) is 9.15 Å². The van der Waals surface area contributed by atoms with E-state index >= 15 is 0 Å². The Morgan fingerprint density at radius 1 is 1.28 bits per heavy atom. The van der Waals surface area contributed by atoms with Crippen LogP contribution in [0.3, 0.4) is 0 Å². The van der Waals surface area contributed by atoms with Crippen molar-refractivity contribution in [2.75, 3.05) is 0 Å². The first kappa shape index (κ1) is 12.3. The molecule has 0 aliphatic rings. The van der Waals surface area contributed by atoms with Gasteiger partial charge in [0, 0.05) is 11.6 Å². The molecule has 0 atom stereocenters. The van der Waals surface area contributed by atoms with Gasteiger partial charge in [-0.1, -0.05) is 12.1 Å². The molecule has 0 aliphatic heterocycles. The Morgan fingerprint density at radius 2 is 2.11 bits per heavy atom. The molecule has 0 fully saturated rings. The predicted octanol–water partition coefficient (Wildman–Crippen LogP) is 3.04. The third-order valence-corrected chi connectivity index (χ3v) is 2.34. The number of nitrogens with zero attached hydrogens (tertiary/aromatic N) is 1. The second-order valence-corrected chi connectivity index (χ2v) is 3.58. The Bertz CT molecular complexity index is 539. The van der Waals surface area contributed by atoms with Crippen LogP contribution in [0.5, 0.6) is 0 Å². The summed E-state index contributed by atoms with van der Waals surface area (Å²) < 4.78 is 23.9. The quantitative estimate of drug-likeness (QED) is 0.605. The Balaban J connectivity index is 2.01. The lowest BCUT2D eigenvalue weighted by molar-refractivity contribution is -0.387. The van der Waals surface area contributed by atoms with Gasteiger partial charge in [-0.2, -0.15) is 4.39 Å². The topological polar surface area (TPSA) is 65.5 Å². The Labute approximate surface area is 102 Å². The molecule has 0 aliphatic carbocycles. The average Bonchev–Trinajstić information content (AvgIpc) is 2.84. The van der Waals surface area contributed by atoms with Gasteiger partial charge in [0.2, 0.25) is 5.82 Å². The highest BCUT2D eigenvalue weighted by Crippen LogP contribution is 2.21. The van der Waals surface area contributed by atoms with Crippen LogP contribution in [0, 0.1) is 15.9 Å². The first-order valence-electron chi connectivity index (χ1n) is 5.20. The largest absolute Gasteiger partial charge is 0.467 e. The normalized spacial score (nSPS) is 10.5. The molecule has 0 spiro atoms. The van der Waals surface area contributed by atoms with E-state index in [1.165, 1.54) is 18.4 Å². The van der Waals surface area contributed by atoms with Gasteiger partial charge < -0.3 is 9.15 Å². The third-order valence-electron chi connectivity index (χ3n) is 2.34. The summed E-state index contributed by atoms with van der Waals surface area (Å²) in [5.74, 6) is -0.247. The Kier molecular flexibility index (Phi) is 3.69. The maximum Gasteiger partial charge on any atom is 0.305 e. The summed E-state index contributed by atoms with van der Waals surface area (Å²) >= 11 is 0. The van der Waals surface area contributed by atoms with Crippen molar-refractivity contribution < 1.29 is 18.5 Å². The molecule has 2 rings (SSSR count). The maximum atomic E-state index is 13.6. The Morgan fingerprint density at radius 3 is 2.78 bits per heavy atom. The van der Waals surface area contributed by atoms with Crippen LogP contribution in [-0.2, 0) is 18.0 Å². The number of hydrogen-bond donors (Lipinski definition) is 0. The molecule has 1 aromatic heterocycles. The van der Waals surface area contributed by atoms with E-state index in [1.54, 1.807) is 12.1 Å². The molecule has 0 bridgehead atoms. The van der Waals surface area contributed by atoms with Gasteiger partial charge in [0.1, 0.15) is 12.4 Å². The zero-order valence-corrected chi connectivity index (χ0v) is 9.34. The zero-order chi connectivity index (χ0) is 13.0. The van der Waals surface area contributed by atoms with Crippen molar-refractivity contribution in [3.8, 4) is 0 Å². The maximum absolute atomic E-state index is 13.6. The van der Waals surface area contributed by atoms with E-state index in [9.17, 15) is 14.5 Å². The van der Waals surface area contributed by atoms with E-state index in [0.717, 1.165) is 6.07 Å². The van der Waals surface area contributed by atoms with Crippen LogP contribution in [0.15, 0.2) is 41.0 Å². The third kappa shape index (κ3) is 2.72. The van der Waals surface area contributed by atoms with Gasteiger partial charge >= 0.3 is 5.69 Å². The van der Waals surface area contributed by atoms with Crippen molar-refractivity contribution >= 4 is 5.69 Å². The SMILES string of the molecule is O=[N+]([O-])c1cccc(COCc2ccco2)c1F. The molecule has 0 saturated heterocycles. The highest BCUT2D eigenvalue weighted by molar-refractivity contribution is 5.36. The lowest BCUT2D eigenvalue weighted by Gasteiger charge is -2.04. The molecule has 6 heteroatoms. The van der Waals surface area contributed by atoms with Gasteiger partial charge in [-0.15, -0.1) is 0 Å². The van der Waals surface area contributed by atoms with E-state index < -0.39 is 16.4 Å². The van der Waals surface area contributed by atoms with E-state index in [-0.39, 0.29) is 18.8 Å². The monoisotopic (exact) mass is 251 g/mol. The van der Waals surface area contributed by atoms with Crippen molar-refractivity contribution in [3.63, 3.8) is 0 Å². The number of hydrogen-bond acceptors (Lipinski definition) is 4. The number of furan rings is 1. The number of benzene rings is 1. The van der Waals surface area contributed by atoms with Crippen LogP contribution in [-0.4, -0.2) is 4.92 Å². The van der Waals surface area contributed by atoms with Crippen molar-refractivity contribution in [1.82, 2.24) is 0 Å².